The standard InChI is InChI=1S/C9H4N2O2/c1-2-8-4-3-7(6-10)5-9(8)11(12)13/h1,3-5H. The Morgan fingerprint density at radius 1 is 1.54 bits per heavy atom. The normalized spacial score (nSPS) is 8.46. The van der Waals surface area contributed by atoms with Crippen LogP contribution in [-0.2, 0) is 0 Å². The predicted octanol–water partition coefficient (Wildman–Crippen LogP) is 1.45. The molecule has 0 radical (unpaired) electrons. The summed E-state index contributed by atoms with van der Waals surface area (Å²) < 4.78 is 0. The average molecular weight is 172 g/mol. The zero-order chi connectivity index (χ0) is 9.84. The van der Waals surface area contributed by atoms with Crippen molar-refractivity contribution >= 4 is 5.69 Å². The first-order valence-corrected chi connectivity index (χ1v) is 3.34. The van der Waals surface area contributed by atoms with Crippen molar-refractivity contribution < 1.29 is 4.92 Å². The second-order valence-electron chi connectivity index (χ2n) is 2.25. The third kappa shape index (κ3) is 1.63. The first-order chi connectivity index (χ1) is 6.19. The Hall–Kier alpha value is -2.33. The molecule has 0 aliphatic carbocycles. The summed E-state index contributed by atoms with van der Waals surface area (Å²) >= 11 is 0. The lowest BCUT2D eigenvalue weighted by Crippen LogP contribution is -1.92. The summed E-state index contributed by atoms with van der Waals surface area (Å²) in [4.78, 5) is 9.85. The number of terminal acetylenes is 1. The maximum absolute atomic E-state index is 10.4. The first-order valence-electron chi connectivity index (χ1n) is 3.34. The van der Waals surface area contributed by atoms with Gasteiger partial charge in [-0.25, -0.2) is 0 Å². The van der Waals surface area contributed by atoms with E-state index in [1.807, 2.05) is 0 Å². The number of nitrogens with zero attached hydrogens (tertiary/aromatic N) is 2. The van der Waals surface area contributed by atoms with Crippen LogP contribution in [0.15, 0.2) is 18.2 Å². The molecular formula is C9H4N2O2. The Kier molecular flexibility index (Phi) is 2.28. The van der Waals surface area contributed by atoms with E-state index >= 15 is 0 Å². The number of nitro benzene ring substituents is 1. The van der Waals surface area contributed by atoms with Crippen molar-refractivity contribution in [1.82, 2.24) is 0 Å². The molecule has 4 nitrogen and oxygen atoms in total. The van der Waals surface area contributed by atoms with Crippen LogP contribution >= 0.6 is 0 Å². The van der Waals surface area contributed by atoms with Crippen molar-refractivity contribution in [3.05, 3.63) is 39.4 Å². The van der Waals surface area contributed by atoms with Crippen LogP contribution in [0, 0.1) is 33.8 Å². The van der Waals surface area contributed by atoms with Crippen molar-refractivity contribution in [2.24, 2.45) is 0 Å². The third-order valence-corrected chi connectivity index (χ3v) is 1.48. The Balaban J connectivity index is 3.39. The fourth-order valence-corrected chi connectivity index (χ4v) is 0.874. The number of hydrogen-bond donors (Lipinski definition) is 0. The van der Waals surface area contributed by atoms with Crippen LogP contribution in [-0.4, -0.2) is 4.92 Å². The molecule has 0 spiro atoms. The number of rotatable bonds is 1. The Bertz CT molecular complexity index is 438. The Labute approximate surface area is 74.6 Å². The van der Waals surface area contributed by atoms with Crippen molar-refractivity contribution in [2.75, 3.05) is 0 Å². The van der Waals surface area contributed by atoms with E-state index in [0.717, 1.165) is 6.07 Å². The molecular weight excluding hydrogens is 168 g/mol. The van der Waals surface area contributed by atoms with Crippen molar-refractivity contribution in [3.63, 3.8) is 0 Å². The van der Waals surface area contributed by atoms with Gasteiger partial charge in [0.2, 0.25) is 0 Å². The smallest absolute Gasteiger partial charge is 0.258 e. The second-order valence-corrected chi connectivity index (χ2v) is 2.25. The highest BCUT2D eigenvalue weighted by Gasteiger charge is 2.12. The summed E-state index contributed by atoms with van der Waals surface area (Å²) in [6.07, 6.45) is 5.04. The minimum Gasteiger partial charge on any atom is -0.258 e. The quantitative estimate of drug-likeness (QED) is 0.365. The van der Waals surface area contributed by atoms with E-state index in [4.69, 9.17) is 11.7 Å². The van der Waals surface area contributed by atoms with Gasteiger partial charge < -0.3 is 0 Å². The second kappa shape index (κ2) is 3.38. The highest BCUT2D eigenvalue weighted by molar-refractivity contribution is 5.54. The lowest BCUT2D eigenvalue weighted by molar-refractivity contribution is -0.385. The summed E-state index contributed by atoms with van der Waals surface area (Å²) in [5.41, 5.74) is 0.205. The predicted molar refractivity (Wildman–Crippen MR) is 45.7 cm³/mol. The number of hydrogen-bond acceptors (Lipinski definition) is 3. The monoisotopic (exact) mass is 172 g/mol. The lowest BCUT2D eigenvalue weighted by atomic mass is 10.1. The topological polar surface area (TPSA) is 66.9 Å². The molecule has 1 aromatic carbocycles. The van der Waals surface area contributed by atoms with E-state index in [9.17, 15) is 10.1 Å². The van der Waals surface area contributed by atoms with Crippen molar-refractivity contribution in [2.45, 2.75) is 0 Å². The van der Waals surface area contributed by atoms with Crippen molar-refractivity contribution in [3.8, 4) is 18.4 Å². The number of benzene rings is 1. The zero-order valence-corrected chi connectivity index (χ0v) is 6.52. The molecule has 0 aliphatic heterocycles. The summed E-state index contributed by atoms with van der Waals surface area (Å²) in [5, 5.41) is 18.9. The van der Waals surface area contributed by atoms with Gasteiger partial charge in [0.05, 0.1) is 16.6 Å². The first kappa shape index (κ1) is 8.76. The van der Waals surface area contributed by atoms with E-state index in [-0.39, 0.29) is 16.8 Å². The molecule has 13 heavy (non-hydrogen) atoms. The van der Waals surface area contributed by atoms with E-state index in [2.05, 4.69) is 5.92 Å². The molecule has 0 N–H and O–H groups in total. The molecule has 0 atom stereocenters. The molecule has 0 fully saturated rings. The molecule has 0 saturated carbocycles. The minimum atomic E-state index is -0.601. The van der Waals surface area contributed by atoms with Gasteiger partial charge in [0.1, 0.15) is 5.56 Å². The van der Waals surface area contributed by atoms with E-state index in [1.165, 1.54) is 12.1 Å². The van der Waals surface area contributed by atoms with Gasteiger partial charge in [-0.2, -0.15) is 5.26 Å². The lowest BCUT2D eigenvalue weighted by Gasteiger charge is -1.94. The fraction of sp³-hybridized carbons (Fsp3) is 0. The number of nitro groups is 1. The Morgan fingerprint density at radius 2 is 2.23 bits per heavy atom. The number of nitriles is 1. The van der Waals surface area contributed by atoms with Gasteiger partial charge in [0, 0.05) is 6.07 Å². The van der Waals surface area contributed by atoms with Gasteiger partial charge in [-0.1, -0.05) is 5.92 Å². The summed E-state index contributed by atoms with van der Waals surface area (Å²) in [5.74, 6) is 2.18. The van der Waals surface area contributed by atoms with Gasteiger partial charge >= 0.3 is 0 Å². The fourth-order valence-electron chi connectivity index (χ4n) is 0.874. The van der Waals surface area contributed by atoms with Crippen LogP contribution in [0.3, 0.4) is 0 Å². The molecule has 0 unspecified atom stereocenters. The third-order valence-electron chi connectivity index (χ3n) is 1.48. The van der Waals surface area contributed by atoms with Crippen LogP contribution in [0.2, 0.25) is 0 Å². The molecule has 62 valence electrons. The largest absolute Gasteiger partial charge is 0.286 e. The van der Waals surface area contributed by atoms with Crippen LogP contribution in [0.25, 0.3) is 0 Å². The summed E-state index contributed by atoms with van der Waals surface area (Å²) in [6.45, 7) is 0. The maximum atomic E-state index is 10.4. The Morgan fingerprint density at radius 3 is 2.69 bits per heavy atom. The van der Waals surface area contributed by atoms with Gasteiger partial charge in [0.15, 0.2) is 0 Å². The molecule has 4 heteroatoms. The van der Waals surface area contributed by atoms with Gasteiger partial charge in [-0.15, -0.1) is 6.42 Å². The molecule has 0 amide bonds. The average Bonchev–Trinajstić information content (AvgIpc) is 2.16. The van der Waals surface area contributed by atoms with Crippen LogP contribution in [0.5, 0.6) is 0 Å². The van der Waals surface area contributed by atoms with Gasteiger partial charge in [0.25, 0.3) is 5.69 Å². The van der Waals surface area contributed by atoms with E-state index in [1.54, 1.807) is 6.07 Å². The molecule has 1 rings (SSSR count). The zero-order valence-electron chi connectivity index (χ0n) is 6.52. The molecule has 1 aromatic rings. The minimum absolute atomic E-state index is 0.184. The summed E-state index contributed by atoms with van der Waals surface area (Å²) in [7, 11) is 0. The summed E-state index contributed by atoms with van der Waals surface area (Å²) in [6, 6.07) is 5.79. The maximum Gasteiger partial charge on any atom is 0.286 e. The van der Waals surface area contributed by atoms with Crippen LogP contribution in [0.1, 0.15) is 11.1 Å². The SMILES string of the molecule is C#Cc1ccc(C#N)cc1[N+](=O)[O-]. The van der Waals surface area contributed by atoms with Crippen LogP contribution < -0.4 is 0 Å². The van der Waals surface area contributed by atoms with Crippen molar-refractivity contribution in [1.29, 1.82) is 5.26 Å². The van der Waals surface area contributed by atoms with Crippen LogP contribution in [0.4, 0.5) is 5.69 Å². The molecule has 0 heterocycles. The molecule has 0 aliphatic rings. The molecule has 0 aromatic heterocycles. The van der Waals surface area contributed by atoms with Gasteiger partial charge in [-0.3, -0.25) is 10.1 Å². The van der Waals surface area contributed by atoms with Gasteiger partial charge in [-0.05, 0) is 12.1 Å². The van der Waals surface area contributed by atoms with E-state index < -0.39 is 4.92 Å². The highest BCUT2D eigenvalue weighted by atomic mass is 16.6. The molecule has 0 bridgehead atoms. The van der Waals surface area contributed by atoms with E-state index in [0.29, 0.717) is 0 Å². The molecule has 0 saturated heterocycles. The highest BCUT2D eigenvalue weighted by Crippen LogP contribution is 2.18.